The molecular weight excluding hydrogens is 304 g/mol. The fourth-order valence-corrected chi connectivity index (χ4v) is 4.41. The van der Waals surface area contributed by atoms with Crippen LogP contribution < -0.4 is 4.74 Å². The molecule has 1 aromatic carbocycles. The molecule has 0 aliphatic carbocycles. The van der Waals surface area contributed by atoms with Gasteiger partial charge in [-0.25, -0.2) is 13.1 Å². The van der Waals surface area contributed by atoms with E-state index in [4.69, 9.17) is 4.74 Å². The zero-order chi connectivity index (χ0) is 15.7. The minimum absolute atomic E-state index is 0.0214. The second-order valence-electron chi connectivity index (χ2n) is 5.34. The Morgan fingerprint density at radius 2 is 2.18 bits per heavy atom. The van der Waals surface area contributed by atoms with Gasteiger partial charge in [0.1, 0.15) is 10.6 Å². The molecule has 1 saturated heterocycles. The SMILES string of the molecule is COc1ccc(C)cc1S(=O)(=O)N1CCC(n2ccnn2)C1. The summed E-state index contributed by atoms with van der Waals surface area (Å²) in [7, 11) is -2.10. The molecule has 2 heterocycles. The lowest BCUT2D eigenvalue weighted by molar-refractivity contribution is 0.395. The van der Waals surface area contributed by atoms with E-state index >= 15 is 0 Å². The molecule has 1 fully saturated rings. The molecule has 1 unspecified atom stereocenters. The molecule has 1 atom stereocenters. The largest absolute Gasteiger partial charge is 0.495 e. The van der Waals surface area contributed by atoms with Crippen molar-refractivity contribution in [2.24, 2.45) is 0 Å². The number of nitrogens with zero attached hydrogens (tertiary/aromatic N) is 4. The summed E-state index contributed by atoms with van der Waals surface area (Å²) in [6.45, 7) is 2.72. The Morgan fingerprint density at radius 3 is 2.86 bits per heavy atom. The van der Waals surface area contributed by atoms with Gasteiger partial charge < -0.3 is 4.74 Å². The number of hydrogen-bond acceptors (Lipinski definition) is 5. The summed E-state index contributed by atoms with van der Waals surface area (Å²) in [5.74, 6) is 0.370. The minimum Gasteiger partial charge on any atom is -0.495 e. The van der Waals surface area contributed by atoms with Crippen LogP contribution in [-0.2, 0) is 10.0 Å². The average Bonchev–Trinajstić information content (AvgIpc) is 3.18. The first-order valence-corrected chi connectivity index (χ1v) is 8.47. The van der Waals surface area contributed by atoms with Gasteiger partial charge in [0.05, 0.1) is 19.3 Å². The van der Waals surface area contributed by atoms with Gasteiger partial charge in [-0.15, -0.1) is 5.10 Å². The fraction of sp³-hybridized carbons (Fsp3) is 0.429. The predicted molar refractivity (Wildman–Crippen MR) is 80.2 cm³/mol. The summed E-state index contributed by atoms with van der Waals surface area (Å²) in [6, 6.07) is 5.19. The van der Waals surface area contributed by atoms with E-state index in [0.29, 0.717) is 18.8 Å². The molecule has 0 amide bonds. The quantitative estimate of drug-likeness (QED) is 0.846. The van der Waals surface area contributed by atoms with Crippen LogP contribution in [0.25, 0.3) is 0 Å². The zero-order valence-corrected chi connectivity index (χ0v) is 13.3. The van der Waals surface area contributed by atoms with Gasteiger partial charge in [-0.1, -0.05) is 11.3 Å². The van der Waals surface area contributed by atoms with Crippen LogP contribution in [0.5, 0.6) is 5.75 Å². The van der Waals surface area contributed by atoms with Crippen molar-refractivity contribution in [3.05, 3.63) is 36.2 Å². The van der Waals surface area contributed by atoms with Gasteiger partial charge in [-0.05, 0) is 31.0 Å². The van der Waals surface area contributed by atoms with E-state index < -0.39 is 10.0 Å². The van der Waals surface area contributed by atoms with Crippen molar-refractivity contribution >= 4 is 10.0 Å². The van der Waals surface area contributed by atoms with Gasteiger partial charge in [-0.2, -0.15) is 4.31 Å². The maximum atomic E-state index is 12.9. The molecule has 22 heavy (non-hydrogen) atoms. The standard InChI is InChI=1S/C14H18N4O3S/c1-11-3-4-13(21-2)14(9-11)22(19,20)17-7-5-12(10-17)18-8-6-15-16-18/h3-4,6,8-9,12H,5,7,10H2,1-2H3. The molecule has 1 aromatic heterocycles. The highest BCUT2D eigenvalue weighted by atomic mass is 32.2. The van der Waals surface area contributed by atoms with Crippen LogP contribution in [0.3, 0.4) is 0 Å². The molecule has 0 saturated carbocycles. The van der Waals surface area contributed by atoms with Gasteiger partial charge in [0.25, 0.3) is 0 Å². The Morgan fingerprint density at radius 1 is 1.36 bits per heavy atom. The number of sulfonamides is 1. The number of aryl methyl sites for hydroxylation is 1. The number of ether oxygens (including phenoxy) is 1. The highest BCUT2D eigenvalue weighted by Crippen LogP contribution is 2.32. The van der Waals surface area contributed by atoms with Crippen molar-refractivity contribution in [1.29, 1.82) is 0 Å². The number of rotatable bonds is 4. The Labute approximate surface area is 129 Å². The first-order chi connectivity index (χ1) is 10.5. The number of aromatic nitrogens is 3. The van der Waals surface area contributed by atoms with E-state index in [-0.39, 0.29) is 10.9 Å². The Bertz CT molecular complexity index is 758. The van der Waals surface area contributed by atoms with E-state index in [9.17, 15) is 8.42 Å². The average molecular weight is 322 g/mol. The molecule has 3 rings (SSSR count). The summed E-state index contributed by atoms with van der Waals surface area (Å²) >= 11 is 0. The summed E-state index contributed by atoms with van der Waals surface area (Å²) < 4.78 is 34.2. The van der Waals surface area contributed by atoms with Crippen molar-refractivity contribution in [1.82, 2.24) is 19.3 Å². The van der Waals surface area contributed by atoms with E-state index in [1.165, 1.54) is 11.4 Å². The molecule has 1 aliphatic heterocycles. The minimum atomic E-state index is -3.58. The molecule has 8 heteroatoms. The molecular formula is C14H18N4O3S. The second-order valence-corrected chi connectivity index (χ2v) is 7.25. The zero-order valence-electron chi connectivity index (χ0n) is 12.5. The van der Waals surface area contributed by atoms with Crippen LogP contribution in [0.15, 0.2) is 35.5 Å². The molecule has 118 valence electrons. The van der Waals surface area contributed by atoms with Gasteiger partial charge >= 0.3 is 0 Å². The van der Waals surface area contributed by atoms with Gasteiger partial charge in [-0.3, -0.25) is 0 Å². The molecule has 1 aliphatic rings. The number of hydrogen-bond donors (Lipinski definition) is 0. The van der Waals surface area contributed by atoms with Crippen molar-refractivity contribution in [2.75, 3.05) is 20.2 Å². The number of methoxy groups -OCH3 is 1. The van der Waals surface area contributed by atoms with Crippen molar-refractivity contribution < 1.29 is 13.2 Å². The molecule has 0 spiro atoms. The summed E-state index contributed by atoms with van der Waals surface area (Å²) in [5, 5.41) is 7.73. The van der Waals surface area contributed by atoms with Gasteiger partial charge in [0.15, 0.2) is 0 Å². The van der Waals surface area contributed by atoms with Crippen LogP contribution in [0.4, 0.5) is 0 Å². The van der Waals surface area contributed by atoms with Crippen LogP contribution in [0.2, 0.25) is 0 Å². The summed E-state index contributed by atoms with van der Waals surface area (Å²) in [6.07, 6.45) is 4.07. The normalized spacial score (nSPS) is 19.5. The van der Waals surface area contributed by atoms with Crippen LogP contribution in [-0.4, -0.2) is 47.9 Å². The Kier molecular flexibility index (Phi) is 3.88. The summed E-state index contributed by atoms with van der Waals surface area (Å²) in [4.78, 5) is 0.217. The van der Waals surface area contributed by atoms with Crippen LogP contribution in [0.1, 0.15) is 18.0 Å². The lowest BCUT2D eigenvalue weighted by Crippen LogP contribution is -2.29. The third kappa shape index (κ3) is 2.59. The highest BCUT2D eigenvalue weighted by Gasteiger charge is 2.35. The summed E-state index contributed by atoms with van der Waals surface area (Å²) in [5.41, 5.74) is 0.881. The molecule has 7 nitrogen and oxygen atoms in total. The lowest BCUT2D eigenvalue weighted by Gasteiger charge is -2.18. The van der Waals surface area contributed by atoms with E-state index in [2.05, 4.69) is 10.3 Å². The molecule has 0 bridgehead atoms. The fourth-order valence-electron chi connectivity index (χ4n) is 2.68. The Hall–Kier alpha value is -1.93. The van der Waals surface area contributed by atoms with Crippen molar-refractivity contribution in [2.45, 2.75) is 24.3 Å². The maximum Gasteiger partial charge on any atom is 0.246 e. The molecule has 0 N–H and O–H groups in total. The first kappa shape index (κ1) is 15.0. The highest BCUT2D eigenvalue weighted by molar-refractivity contribution is 7.89. The Balaban J connectivity index is 1.90. The van der Waals surface area contributed by atoms with Gasteiger partial charge in [0.2, 0.25) is 10.0 Å². The predicted octanol–water partition coefficient (Wildman–Crippen LogP) is 1.23. The van der Waals surface area contributed by atoms with E-state index in [1.807, 2.05) is 13.0 Å². The number of benzene rings is 1. The second kappa shape index (κ2) is 5.69. The smallest absolute Gasteiger partial charge is 0.246 e. The molecule has 0 radical (unpaired) electrons. The first-order valence-electron chi connectivity index (χ1n) is 7.03. The van der Waals surface area contributed by atoms with Gasteiger partial charge in [0, 0.05) is 19.3 Å². The third-order valence-electron chi connectivity index (χ3n) is 3.88. The van der Waals surface area contributed by atoms with E-state index in [1.54, 1.807) is 29.2 Å². The third-order valence-corrected chi connectivity index (χ3v) is 5.76. The molecule has 2 aromatic rings. The van der Waals surface area contributed by atoms with Crippen molar-refractivity contribution in [3.8, 4) is 5.75 Å². The van der Waals surface area contributed by atoms with E-state index in [0.717, 1.165) is 12.0 Å². The monoisotopic (exact) mass is 322 g/mol. The van der Waals surface area contributed by atoms with Crippen LogP contribution in [0, 0.1) is 6.92 Å². The topological polar surface area (TPSA) is 77.3 Å². The lowest BCUT2D eigenvalue weighted by atomic mass is 10.2. The maximum absolute atomic E-state index is 12.9. The van der Waals surface area contributed by atoms with Crippen LogP contribution >= 0.6 is 0 Å². The van der Waals surface area contributed by atoms with Crippen molar-refractivity contribution in [3.63, 3.8) is 0 Å².